The largest absolute Gasteiger partial charge is 0.502 e. The molecule has 0 aliphatic rings. The summed E-state index contributed by atoms with van der Waals surface area (Å²) in [4.78, 5) is 21.5. The average molecular weight is 475 g/mol. The molecule has 182 valence electrons. The molecule has 0 heterocycles. The summed E-state index contributed by atoms with van der Waals surface area (Å²) in [5.41, 5.74) is 0. The van der Waals surface area contributed by atoms with Crippen molar-refractivity contribution in [1.29, 1.82) is 0 Å². The van der Waals surface area contributed by atoms with Crippen LogP contribution in [0.3, 0.4) is 0 Å². The van der Waals surface area contributed by atoms with Crippen molar-refractivity contribution >= 4 is 37.2 Å². The molecule has 14 heteroatoms. The summed E-state index contributed by atoms with van der Waals surface area (Å²) in [6.45, 7) is 6.82. The van der Waals surface area contributed by atoms with Crippen LogP contribution in [0.25, 0.3) is 0 Å². The lowest BCUT2D eigenvalue weighted by molar-refractivity contribution is -0.145. The van der Waals surface area contributed by atoms with E-state index in [2.05, 4.69) is 47.9 Å². The number of aliphatic hydroxyl groups is 2. The van der Waals surface area contributed by atoms with Gasteiger partial charge in [0, 0.05) is 0 Å². The normalized spacial score (nSPS) is 7.17. The second kappa shape index (κ2) is 41.0. The van der Waals surface area contributed by atoms with E-state index >= 15 is 0 Å². The van der Waals surface area contributed by atoms with Crippen LogP contribution in [-0.2, 0) is 28.5 Å². The average Bonchev–Trinajstić information content (AvgIpc) is 2.59. The third-order valence-electron chi connectivity index (χ3n) is 1.76. The number of hydrogen-bond acceptors (Lipinski definition) is 10. The first-order valence-corrected chi connectivity index (χ1v) is 8.39. The van der Waals surface area contributed by atoms with Gasteiger partial charge in [-0.15, -0.1) is 0 Å². The highest BCUT2D eigenvalue weighted by Crippen LogP contribution is 1.90. The fraction of sp³-hybridized carbons (Fsp3) is 0.600. The van der Waals surface area contributed by atoms with Crippen molar-refractivity contribution in [1.82, 2.24) is 0 Å². The zero-order chi connectivity index (χ0) is 19.4. The number of aliphatic hydroxyl groups excluding tert-OH is 2. The summed E-state index contributed by atoms with van der Waals surface area (Å²) in [7, 11) is 0. The number of ether oxygens (including phenoxy) is 4. The van der Waals surface area contributed by atoms with Crippen LogP contribution < -0.4 is 0 Å². The quantitative estimate of drug-likeness (QED) is 0.0917. The Balaban J connectivity index is -0.0000000765. The molecule has 10 N–H and O–H groups in total. The van der Waals surface area contributed by atoms with Gasteiger partial charge in [-0.25, -0.2) is 9.59 Å². The summed E-state index contributed by atoms with van der Waals surface area (Å²) < 4.78 is 19.2. The van der Waals surface area contributed by atoms with E-state index in [-0.39, 0.29) is 69.0 Å². The van der Waals surface area contributed by atoms with Gasteiger partial charge in [0.1, 0.15) is 13.2 Å². The fourth-order valence-corrected chi connectivity index (χ4v) is 0.875. The van der Waals surface area contributed by atoms with E-state index in [1.165, 1.54) is 0 Å². The molecular weight excluding hydrogens is 436 g/mol. The Bertz CT molecular complexity index is 333. The molecule has 0 atom stereocenters. The molecule has 0 aliphatic carbocycles. The molecule has 0 rings (SSSR count). The Morgan fingerprint density at radius 2 is 0.862 bits per heavy atom. The monoisotopic (exact) mass is 474 g/mol. The minimum atomic E-state index is -0.892. The van der Waals surface area contributed by atoms with Gasteiger partial charge in [-0.2, -0.15) is 25.3 Å². The number of carbonyl (C=O) groups is 2. The second-order valence-corrected chi connectivity index (χ2v) is 3.39. The Morgan fingerprint density at radius 1 is 0.655 bits per heavy atom. The van der Waals surface area contributed by atoms with Gasteiger partial charge in [-0.1, -0.05) is 7.43 Å². The van der Waals surface area contributed by atoms with Crippen LogP contribution in [-0.4, -0.2) is 96.2 Å². The topological polar surface area (TPSA) is 238 Å². The maximum atomic E-state index is 10.7. The maximum absolute atomic E-state index is 10.7. The second-order valence-electron chi connectivity index (χ2n) is 3.39. The van der Waals surface area contributed by atoms with Gasteiger partial charge in [0.25, 0.3) is 0 Å². The Morgan fingerprint density at radius 3 is 1.07 bits per heavy atom. The van der Waals surface area contributed by atoms with E-state index in [9.17, 15) is 9.59 Å². The van der Waals surface area contributed by atoms with Gasteiger partial charge >= 0.3 is 11.9 Å². The minimum absolute atomic E-state index is 0. The first kappa shape index (κ1) is 50.8. The molecule has 0 saturated carbocycles. The molecule has 12 nitrogen and oxygen atoms in total. The number of hydrogen-bond donors (Lipinski definition) is 4. The summed E-state index contributed by atoms with van der Waals surface area (Å²) in [6, 6.07) is 0. The van der Waals surface area contributed by atoms with Crippen molar-refractivity contribution in [3.8, 4) is 0 Å². The van der Waals surface area contributed by atoms with Gasteiger partial charge in [0.05, 0.1) is 26.4 Å². The summed E-state index contributed by atoms with van der Waals surface area (Å²) >= 11 is 7.06. The Labute approximate surface area is 182 Å². The van der Waals surface area contributed by atoms with Gasteiger partial charge in [-0.05, 0) is 25.7 Å². The molecule has 0 saturated heterocycles. The van der Waals surface area contributed by atoms with E-state index in [0.29, 0.717) is 0 Å². The van der Waals surface area contributed by atoms with Crippen LogP contribution >= 0.6 is 25.3 Å². The van der Waals surface area contributed by atoms with Gasteiger partial charge in [-0.3, -0.25) is 0 Å². The van der Waals surface area contributed by atoms with Crippen LogP contribution in [0.15, 0.2) is 24.7 Å². The predicted molar refractivity (Wildman–Crippen MR) is 118 cm³/mol. The van der Waals surface area contributed by atoms with E-state index in [1.54, 1.807) is 12.5 Å². The van der Waals surface area contributed by atoms with Crippen LogP contribution in [0.4, 0.5) is 0 Å². The first-order chi connectivity index (χ1) is 11.4. The van der Waals surface area contributed by atoms with Crippen molar-refractivity contribution in [2.24, 2.45) is 0 Å². The molecule has 0 amide bonds. The smallest absolute Gasteiger partial charge is 0.372 e. The molecule has 0 spiro atoms. The molecular formula is C15H38O12S2. The third-order valence-corrected chi connectivity index (χ3v) is 1.76. The number of rotatable bonds is 11. The third kappa shape index (κ3) is 41.8. The standard InChI is InChI=1S/C12H18O8.2CH4S.CH4.4H2O/c1-9(13)11(15)19-7-5-17-3-4-18-6-8-20-12(16)10(2)14;2*1-2;;;;;/h13-14H,1-8H2;2*2H,1H3;1H4;4*1H2. The van der Waals surface area contributed by atoms with Crippen LogP contribution in [0, 0.1) is 0 Å². The molecule has 0 aliphatic heterocycles. The maximum Gasteiger partial charge on any atom is 0.372 e. The number of carbonyl (C=O) groups excluding carboxylic acids is 2. The van der Waals surface area contributed by atoms with Crippen molar-refractivity contribution in [3.05, 3.63) is 24.7 Å². The fourth-order valence-electron chi connectivity index (χ4n) is 0.875. The molecule has 0 radical (unpaired) electrons. The molecule has 0 unspecified atom stereocenters. The number of esters is 2. The molecule has 0 aromatic carbocycles. The minimum Gasteiger partial charge on any atom is -0.502 e. The van der Waals surface area contributed by atoms with Gasteiger partial charge < -0.3 is 51.1 Å². The highest BCUT2D eigenvalue weighted by Gasteiger charge is 2.05. The molecule has 0 aromatic rings. The first-order valence-electron chi connectivity index (χ1n) is 6.60. The summed E-state index contributed by atoms with van der Waals surface area (Å²) in [6.07, 6.45) is 3.39. The van der Waals surface area contributed by atoms with Crippen molar-refractivity contribution in [2.45, 2.75) is 7.43 Å². The van der Waals surface area contributed by atoms with Crippen LogP contribution in [0.1, 0.15) is 7.43 Å². The molecule has 0 aromatic heterocycles. The van der Waals surface area contributed by atoms with Crippen molar-refractivity contribution in [2.75, 3.05) is 52.2 Å². The highest BCUT2D eigenvalue weighted by molar-refractivity contribution is 7.79. The van der Waals surface area contributed by atoms with Gasteiger partial charge in [0.15, 0.2) is 11.5 Å². The Hall–Kier alpha value is -1.52. The SMILES string of the molecule is C.C=C(O)C(=O)OCCOCCOCCOC(=O)C(=C)O.CS.CS.O.O.O.O. The molecule has 0 fully saturated rings. The Kier molecular flexibility index (Phi) is 71.8. The zero-order valence-corrected chi connectivity index (χ0v) is 17.7. The predicted octanol–water partition coefficient (Wildman–Crippen LogP) is -1.32. The van der Waals surface area contributed by atoms with E-state index in [0.717, 1.165) is 0 Å². The zero-order valence-electron chi connectivity index (χ0n) is 15.9. The lowest BCUT2D eigenvalue weighted by Crippen LogP contribution is -2.15. The van der Waals surface area contributed by atoms with Crippen LogP contribution in [0.2, 0.25) is 0 Å². The van der Waals surface area contributed by atoms with Gasteiger partial charge in [0.2, 0.25) is 0 Å². The van der Waals surface area contributed by atoms with Crippen LogP contribution in [0.5, 0.6) is 0 Å². The van der Waals surface area contributed by atoms with Crippen molar-refractivity contribution < 1.29 is 60.7 Å². The summed E-state index contributed by atoms with van der Waals surface area (Å²) in [5, 5.41) is 17.3. The van der Waals surface area contributed by atoms with E-state index < -0.39 is 23.5 Å². The molecule has 29 heavy (non-hydrogen) atoms. The van der Waals surface area contributed by atoms with E-state index in [4.69, 9.17) is 19.7 Å². The van der Waals surface area contributed by atoms with E-state index in [1.807, 2.05) is 0 Å². The molecule has 0 bridgehead atoms. The lowest BCUT2D eigenvalue weighted by atomic mass is 10.6. The highest BCUT2D eigenvalue weighted by atomic mass is 32.1. The lowest BCUT2D eigenvalue weighted by Gasteiger charge is -2.07. The van der Waals surface area contributed by atoms with Crippen molar-refractivity contribution in [3.63, 3.8) is 0 Å². The summed E-state index contributed by atoms with van der Waals surface area (Å²) in [5.74, 6) is -3.10. The number of thiol groups is 2.